The molecular weight excluding hydrogens is 364 g/mol. The lowest BCUT2D eigenvalue weighted by atomic mass is 10.0. The molecule has 0 aliphatic heterocycles. The number of hydrogen-bond acceptors (Lipinski definition) is 3. The van der Waals surface area contributed by atoms with Gasteiger partial charge in [-0.1, -0.05) is 24.3 Å². The summed E-state index contributed by atoms with van der Waals surface area (Å²) in [5, 5.41) is 2.96. The van der Waals surface area contributed by atoms with Crippen LogP contribution in [0, 0.1) is 20.8 Å². The van der Waals surface area contributed by atoms with Crippen LogP contribution in [0.3, 0.4) is 0 Å². The van der Waals surface area contributed by atoms with Crippen molar-refractivity contribution >= 4 is 23.2 Å². The number of carbonyl (C=O) groups excluding carboxylic acids is 3. The standard InChI is InChI=1S/C24H24N2O3/c1-14-11-12-20(13-21(14)25-24(29)19-9-7-6-8-10-19)26-15(2)22(17(4)27)23(16(26)3)18(5)28/h6-13H,1-5H3,(H,25,29). The molecule has 0 fully saturated rings. The summed E-state index contributed by atoms with van der Waals surface area (Å²) in [6, 6.07) is 14.7. The first-order valence-electron chi connectivity index (χ1n) is 9.43. The summed E-state index contributed by atoms with van der Waals surface area (Å²) in [6.45, 7) is 8.52. The van der Waals surface area contributed by atoms with E-state index in [2.05, 4.69) is 5.32 Å². The van der Waals surface area contributed by atoms with Crippen LogP contribution >= 0.6 is 0 Å². The normalized spacial score (nSPS) is 10.7. The second-order valence-corrected chi connectivity index (χ2v) is 7.19. The number of aryl methyl sites for hydroxylation is 1. The molecule has 0 spiro atoms. The van der Waals surface area contributed by atoms with E-state index < -0.39 is 0 Å². The Morgan fingerprint density at radius 3 is 1.86 bits per heavy atom. The second kappa shape index (κ2) is 7.87. The van der Waals surface area contributed by atoms with Crippen molar-refractivity contribution in [2.75, 3.05) is 5.32 Å². The van der Waals surface area contributed by atoms with Gasteiger partial charge in [0, 0.05) is 39.5 Å². The number of rotatable bonds is 5. The quantitative estimate of drug-likeness (QED) is 0.621. The number of Topliss-reactive ketones (excluding diaryl/α,β-unsaturated/α-hetero) is 2. The number of benzene rings is 2. The summed E-state index contributed by atoms with van der Waals surface area (Å²) in [5.41, 5.74) is 5.27. The summed E-state index contributed by atoms with van der Waals surface area (Å²) in [7, 11) is 0. The first kappa shape index (κ1) is 20.3. The molecule has 0 aliphatic rings. The third kappa shape index (κ3) is 3.76. The van der Waals surface area contributed by atoms with Gasteiger partial charge in [-0.05, 0) is 64.4 Å². The molecule has 0 aliphatic carbocycles. The van der Waals surface area contributed by atoms with Crippen molar-refractivity contribution in [1.82, 2.24) is 4.57 Å². The Hall–Kier alpha value is -3.47. The molecule has 1 amide bonds. The van der Waals surface area contributed by atoms with Crippen LogP contribution in [-0.4, -0.2) is 22.0 Å². The predicted molar refractivity (Wildman–Crippen MR) is 114 cm³/mol. The molecular formula is C24H24N2O3. The van der Waals surface area contributed by atoms with E-state index >= 15 is 0 Å². The Morgan fingerprint density at radius 1 is 0.793 bits per heavy atom. The lowest BCUT2D eigenvalue weighted by Gasteiger charge is -2.14. The first-order chi connectivity index (χ1) is 13.7. The van der Waals surface area contributed by atoms with Crippen LogP contribution < -0.4 is 5.32 Å². The molecule has 0 unspecified atom stereocenters. The van der Waals surface area contributed by atoms with Gasteiger partial charge in [-0.25, -0.2) is 0 Å². The van der Waals surface area contributed by atoms with E-state index in [0.717, 1.165) is 11.3 Å². The van der Waals surface area contributed by atoms with Gasteiger partial charge in [-0.2, -0.15) is 0 Å². The molecule has 0 radical (unpaired) electrons. The Kier molecular flexibility index (Phi) is 5.50. The van der Waals surface area contributed by atoms with Crippen LogP contribution in [-0.2, 0) is 0 Å². The highest BCUT2D eigenvalue weighted by Crippen LogP contribution is 2.29. The minimum Gasteiger partial charge on any atom is -0.322 e. The van der Waals surface area contributed by atoms with Gasteiger partial charge in [-0.3, -0.25) is 14.4 Å². The predicted octanol–water partition coefficient (Wildman–Crippen LogP) is 5.06. The molecule has 0 saturated heterocycles. The maximum absolute atomic E-state index is 12.6. The smallest absolute Gasteiger partial charge is 0.255 e. The molecule has 5 heteroatoms. The van der Waals surface area contributed by atoms with E-state index in [4.69, 9.17) is 0 Å². The summed E-state index contributed by atoms with van der Waals surface area (Å²) < 4.78 is 1.89. The molecule has 3 rings (SSSR count). The first-order valence-corrected chi connectivity index (χ1v) is 9.43. The molecule has 1 N–H and O–H groups in total. The van der Waals surface area contributed by atoms with E-state index in [9.17, 15) is 14.4 Å². The van der Waals surface area contributed by atoms with Gasteiger partial charge in [0.2, 0.25) is 0 Å². The monoisotopic (exact) mass is 388 g/mol. The van der Waals surface area contributed by atoms with Crippen LogP contribution in [0.2, 0.25) is 0 Å². The molecule has 148 valence electrons. The molecule has 5 nitrogen and oxygen atoms in total. The zero-order valence-electron chi connectivity index (χ0n) is 17.3. The number of aromatic nitrogens is 1. The number of ketones is 2. The van der Waals surface area contributed by atoms with Crippen LogP contribution in [0.15, 0.2) is 48.5 Å². The van der Waals surface area contributed by atoms with Gasteiger partial charge in [0.15, 0.2) is 11.6 Å². The zero-order chi connectivity index (χ0) is 21.3. The lowest BCUT2D eigenvalue weighted by Crippen LogP contribution is -2.13. The van der Waals surface area contributed by atoms with Gasteiger partial charge < -0.3 is 9.88 Å². The van der Waals surface area contributed by atoms with Crippen molar-refractivity contribution in [3.63, 3.8) is 0 Å². The summed E-state index contributed by atoms with van der Waals surface area (Å²) in [5.74, 6) is -0.473. The number of amides is 1. The number of anilines is 1. The molecule has 1 heterocycles. The van der Waals surface area contributed by atoms with Crippen molar-refractivity contribution in [2.24, 2.45) is 0 Å². The Labute approximate surface area is 170 Å². The molecule has 0 saturated carbocycles. The highest BCUT2D eigenvalue weighted by atomic mass is 16.1. The average molecular weight is 388 g/mol. The third-order valence-corrected chi connectivity index (χ3v) is 5.11. The molecule has 0 bridgehead atoms. The van der Waals surface area contributed by atoms with Crippen molar-refractivity contribution in [3.8, 4) is 5.69 Å². The van der Waals surface area contributed by atoms with E-state index in [1.807, 2.05) is 61.7 Å². The van der Waals surface area contributed by atoms with Gasteiger partial charge in [-0.15, -0.1) is 0 Å². The van der Waals surface area contributed by atoms with E-state index in [1.165, 1.54) is 13.8 Å². The van der Waals surface area contributed by atoms with Crippen molar-refractivity contribution < 1.29 is 14.4 Å². The molecule has 2 aromatic carbocycles. The Bertz CT molecular complexity index is 1090. The van der Waals surface area contributed by atoms with Crippen molar-refractivity contribution in [3.05, 3.63) is 82.2 Å². The van der Waals surface area contributed by atoms with Gasteiger partial charge in [0.1, 0.15) is 0 Å². The van der Waals surface area contributed by atoms with Gasteiger partial charge >= 0.3 is 0 Å². The fraction of sp³-hybridized carbons (Fsp3) is 0.208. The topological polar surface area (TPSA) is 68.2 Å². The van der Waals surface area contributed by atoms with Crippen LogP contribution in [0.25, 0.3) is 5.69 Å². The van der Waals surface area contributed by atoms with Crippen LogP contribution in [0.1, 0.15) is 61.9 Å². The molecule has 29 heavy (non-hydrogen) atoms. The summed E-state index contributed by atoms with van der Waals surface area (Å²) in [6.07, 6.45) is 0. The minimum atomic E-state index is -0.194. The fourth-order valence-electron chi connectivity index (χ4n) is 3.75. The van der Waals surface area contributed by atoms with Gasteiger partial charge in [0.05, 0.1) is 0 Å². The highest BCUT2D eigenvalue weighted by molar-refractivity contribution is 6.09. The number of carbonyl (C=O) groups is 3. The maximum atomic E-state index is 12.6. The van der Waals surface area contributed by atoms with Crippen molar-refractivity contribution in [2.45, 2.75) is 34.6 Å². The largest absolute Gasteiger partial charge is 0.322 e. The van der Waals surface area contributed by atoms with Gasteiger partial charge in [0.25, 0.3) is 5.91 Å². The fourth-order valence-corrected chi connectivity index (χ4v) is 3.75. The number of nitrogens with one attached hydrogen (secondary N) is 1. The Balaban J connectivity index is 2.09. The molecule has 0 atom stereocenters. The van der Waals surface area contributed by atoms with Crippen LogP contribution in [0.5, 0.6) is 0 Å². The molecule has 3 aromatic rings. The minimum absolute atomic E-state index is 0.140. The third-order valence-electron chi connectivity index (χ3n) is 5.11. The van der Waals surface area contributed by atoms with Crippen molar-refractivity contribution in [1.29, 1.82) is 0 Å². The van der Waals surface area contributed by atoms with E-state index in [0.29, 0.717) is 33.8 Å². The average Bonchev–Trinajstić information content (AvgIpc) is 2.95. The molecule has 1 aromatic heterocycles. The van der Waals surface area contributed by atoms with E-state index in [1.54, 1.807) is 12.1 Å². The zero-order valence-corrected chi connectivity index (χ0v) is 17.3. The highest BCUT2D eigenvalue weighted by Gasteiger charge is 2.24. The second-order valence-electron chi connectivity index (χ2n) is 7.19. The van der Waals surface area contributed by atoms with E-state index in [-0.39, 0.29) is 17.5 Å². The number of nitrogens with zero attached hydrogens (tertiary/aromatic N) is 1. The Morgan fingerprint density at radius 2 is 1.34 bits per heavy atom. The summed E-state index contributed by atoms with van der Waals surface area (Å²) in [4.78, 5) is 37.0. The summed E-state index contributed by atoms with van der Waals surface area (Å²) >= 11 is 0. The van der Waals surface area contributed by atoms with Crippen LogP contribution in [0.4, 0.5) is 5.69 Å². The maximum Gasteiger partial charge on any atom is 0.255 e. The SMILES string of the molecule is CC(=O)c1c(C(C)=O)c(C)n(-c2ccc(C)c(NC(=O)c3ccccc3)c2)c1C. The lowest BCUT2D eigenvalue weighted by molar-refractivity contribution is 0.0981. The number of hydrogen-bond donors (Lipinski definition) is 1.